The molecule has 0 aliphatic rings. The summed E-state index contributed by atoms with van der Waals surface area (Å²) >= 11 is 0. The second-order valence-corrected chi connectivity index (χ2v) is 4.73. The Morgan fingerprint density at radius 1 is 1.05 bits per heavy atom. The minimum atomic E-state index is 0.264. The minimum Gasteiger partial charge on any atom is -0.481 e. The minimum absolute atomic E-state index is 0.264. The maximum absolute atomic E-state index is 5.74. The quantitative estimate of drug-likeness (QED) is 0.578. The third-order valence-electron chi connectivity index (χ3n) is 3.26. The molecule has 0 atom stereocenters. The van der Waals surface area contributed by atoms with Gasteiger partial charge < -0.3 is 9.26 Å². The van der Waals surface area contributed by atoms with Gasteiger partial charge in [-0.1, -0.05) is 29.4 Å². The summed E-state index contributed by atoms with van der Waals surface area (Å²) in [6, 6.07) is 15.5. The highest BCUT2D eigenvalue weighted by atomic mass is 16.5. The summed E-state index contributed by atoms with van der Waals surface area (Å²) in [5, 5.41) is 9.07. The zero-order valence-corrected chi connectivity index (χ0v) is 11.6. The van der Waals surface area contributed by atoms with Gasteiger partial charge in [-0.25, -0.2) is 9.67 Å². The number of benzene rings is 2. The van der Waals surface area contributed by atoms with Crippen LogP contribution in [-0.4, -0.2) is 19.9 Å². The first-order valence-corrected chi connectivity index (χ1v) is 6.82. The molecule has 0 aliphatic carbocycles. The fraction of sp³-hybridized carbons (Fsp3) is 0.0625. The zero-order valence-electron chi connectivity index (χ0n) is 11.6. The van der Waals surface area contributed by atoms with Gasteiger partial charge in [0.2, 0.25) is 5.58 Å². The van der Waals surface area contributed by atoms with E-state index in [1.54, 1.807) is 17.2 Å². The summed E-state index contributed by atoms with van der Waals surface area (Å²) in [5.41, 5.74) is 1.59. The lowest BCUT2D eigenvalue weighted by Gasteiger charge is -2.03. The molecular weight excluding hydrogens is 280 g/mol. The third kappa shape index (κ3) is 2.31. The third-order valence-corrected chi connectivity index (χ3v) is 3.26. The van der Waals surface area contributed by atoms with Gasteiger partial charge in [-0.15, -0.1) is 5.10 Å². The predicted molar refractivity (Wildman–Crippen MR) is 79.7 cm³/mol. The van der Waals surface area contributed by atoms with Gasteiger partial charge in [0.25, 0.3) is 0 Å². The van der Waals surface area contributed by atoms with Crippen LogP contribution in [0.3, 0.4) is 0 Å². The van der Waals surface area contributed by atoms with E-state index < -0.39 is 0 Å². The molecule has 0 unspecified atom stereocenters. The van der Waals surface area contributed by atoms with E-state index in [2.05, 4.69) is 15.2 Å². The molecule has 2 heterocycles. The Morgan fingerprint density at radius 2 is 1.95 bits per heavy atom. The van der Waals surface area contributed by atoms with Crippen LogP contribution < -0.4 is 4.74 Å². The monoisotopic (exact) mass is 292 g/mol. The second kappa shape index (κ2) is 5.33. The number of hydrogen-bond acceptors (Lipinski definition) is 5. The standard InChI is InChI=1S/C16H12N4O2/c1-2-6-13(7-3-1)20-11-17-15(19-20)10-21-14-8-4-5-12-9-18-22-16(12)14/h1-9,11H,10H2. The number of rotatable bonds is 4. The average molecular weight is 292 g/mol. The lowest BCUT2D eigenvalue weighted by molar-refractivity contribution is 0.292. The molecular formula is C16H12N4O2. The van der Waals surface area contributed by atoms with Gasteiger partial charge in [-0.3, -0.25) is 0 Å². The van der Waals surface area contributed by atoms with Crippen LogP contribution in [0.15, 0.2) is 65.6 Å². The molecule has 22 heavy (non-hydrogen) atoms. The van der Waals surface area contributed by atoms with Crippen LogP contribution >= 0.6 is 0 Å². The van der Waals surface area contributed by atoms with Gasteiger partial charge in [0.05, 0.1) is 11.9 Å². The van der Waals surface area contributed by atoms with Crippen molar-refractivity contribution in [3.8, 4) is 11.4 Å². The summed E-state index contributed by atoms with van der Waals surface area (Å²) in [4.78, 5) is 4.26. The van der Waals surface area contributed by atoms with Gasteiger partial charge in [0, 0.05) is 5.39 Å². The van der Waals surface area contributed by atoms with Crippen molar-refractivity contribution in [1.82, 2.24) is 19.9 Å². The molecule has 0 saturated carbocycles. The number of aromatic nitrogens is 4. The summed E-state index contributed by atoms with van der Waals surface area (Å²) in [5.74, 6) is 1.23. The Bertz CT molecular complexity index is 899. The van der Waals surface area contributed by atoms with Gasteiger partial charge in [-0.05, 0) is 24.3 Å². The van der Waals surface area contributed by atoms with E-state index in [0.29, 0.717) is 17.2 Å². The van der Waals surface area contributed by atoms with E-state index >= 15 is 0 Å². The SMILES string of the molecule is c1ccc(-n2cnc(COc3cccc4cnoc34)n2)cc1. The number of hydrogen-bond donors (Lipinski definition) is 0. The number of para-hydroxylation sites is 2. The van der Waals surface area contributed by atoms with Crippen LogP contribution in [0.1, 0.15) is 5.82 Å². The summed E-state index contributed by atoms with van der Waals surface area (Å²) in [6.45, 7) is 0.264. The van der Waals surface area contributed by atoms with E-state index in [-0.39, 0.29) is 6.61 Å². The zero-order chi connectivity index (χ0) is 14.8. The largest absolute Gasteiger partial charge is 0.481 e. The molecule has 4 aromatic rings. The van der Waals surface area contributed by atoms with Crippen molar-refractivity contribution in [2.24, 2.45) is 0 Å². The van der Waals surface area contributed by atoms with E-state index in [1.807, 2.05) is 48.5 Å². The molecule has 0 N–H and O–H groups in total. The highest BCUT2D eigenvalue weighted by Gasteiger charge is 2.08. The predicted octanol–water partition coefficient (Wildman–Crippen LogP) is 2.99. The lowest BCUT2D eigenvalue weighted by Crippen LogP contribution is -2.00. The van der Waals surface area contributed by atoms with Crippen molar-refractivity contribution in [2.75, 3.05) is 0 Å². The smallest absolute Gasteiger partial charge is 0.208 e. The lowest BCUT2D eigenvalue weighted by atomic mass is 10.2. The van der Waals surface area contributed by atoms with Gasteiger partial charge in [-0.2, -0.15) is 0 Å². The van der Waals surface area contributed by atoms with Crippen molar-refractivity contribution in [3.63, 3.8) is 0 Å². The molecule has 0 radical (unpaired) electrons. The van der Waals surface area contributed by atoms with Crippen LogP contribution in [0.25, 0.3) is 16.7 Å². The Kier molecular flexibility index (Phi) is 3.05. The summed E-state index contributed by atoms with van der Waals surface area (Å²) in [7, 11) is 0. The molecule has 108 valence electrons. The Morgan fingerprint density at radius 3 is 2.86 bits per heavy atom. The fourth-order valence-electron chi connectivity index (χ4n) is 2.19. The molecule has 4 rings (SSSR count). The van der Waals surface area contributed by atoms with E-state index in [4.69, 9.17) is 9.26 Å². The van der Waals surface area contributed by atoms with Crippen LogP contribution in [0.2, 0.25) is 0 Å². The first-order valence-electron chi connectivity index (χ1n) is 6.82. The molecule has 2 aromatic heterocycles. The molecule has 0 amide bonds. The molecule has 0 aliphatic heterocycles. The maximum Gasteiger partial charge on any atom is 0.208 e. The summed E-state index contributed by atoms with van der Waals surface area (Å²) < 4.78 is 12.6. The van der Waals surface area contributed by atoms with Gasteiger partial charge in [0.1, 0.15) is 12.9 Å². The summed E-state index contributed by atoms with van der Waals surface area (Å²) in [6.07, 6.45) is 3.33. The molecule has 0 spiro atoms. The average Bonchev–Trinajstić information content (AvgIpc) is 3.23. The highest BCUT2D eigenvalue weighted by Crippen LogP contribution is 2.25. The van der Waals surface area contributed by atoms with Crippen LogP contribution in [0, 0.1) is 0 Å². The molecule has 0 saturated heterocycles. The van der Waals surface area contributed by atoms with Gasteiger partial charge >= 0.3 is 0 Å². The number of ether oxygens (including phenoxy) is 1. The van der Waals surface area contributed by atoms with Crippen molar-refractivity contribution in [2.45, 2.75) is 6.61 Å². The topological polar surface area (TPSA) is 66.0 Å². The van der Waals surface area contributed by atoms with Crippen LogP contribution in [0.4, 0.5) is 0 Å². The normalized spacial score (nSPS) is 10.9. The van der Waals surface area contributed by atoms with Gasteiger partial charge in [0.15, 0.2) is 11.6 Å². The fourth-order valence-corrected chi connectivity index (χ4v) is 2.19. The Balaban J connectivity index is 1.53. The maximum atomic E-state index is 5.74. The van der Waals surface area contributed by atoms with E-state index in [1.165, 1.54) is 0 Å². The van der Waals surface area contributed by atoms with Crippen molar-refractivity contribution >= 4 is 11.0 Å². The number of fused-ring (bicyclic) bond motifs is 1. The van der Waals surface area contributed by atoms with Crippen LogP contribution in [-0.2, 0) is 6.61 Å². The van der Waals surface area contributed by atoms with E-state index in [9.17, 15) is 0 Å². The molecule has 0 fully saturated rings. The Hall–Kier alpha value is -3.15. The molecule has 2 aromatic carbocycles. The second-order valence-electron chi connectivity index (χ2n) is 4.73. The van der Waals surface area contributed by atoms with Crippen molar-refractivity contribution < 1.29 is 9.26 Å². The number of nitrogens with zero attached hydrogens (tertiary/aromatic N) is 4. The molecule has 0 bridgehead atoms. The first-order chi connectivity index (χ1) is 10.9. The molecule has 6 nitrogen and oxygen atoms in total. The first kappa shape index (κ1) is 12.6. The van der Waals surface area contributed by atoms with Crippen molar-refractivity contribution in [3.05, 3.63) is 66.9 Å². The highest BCUT2D eigenvalue weighted by molar-refractivity contribution is 5.81. The van der Waals surface area contributed by atoms with E-state index in [0.717, 1.165) is 11.1 Å². The molecule has 6 heteroatoms. The van der Waals surface area contributed by atoms with Crippen molar-refractivity contribution in [1.29, 1.82) is 0 Å². The van der Waals surface area contributed by atoms with Crippen LogP contribution in [0.5, 0.6) is 5.75 Å². The Labute approximate surface area is 125 Å².